The largest absolute Gasteiger partial charge is 0.448 e. The Kier molecular flexibility index (Phi) is 6.92. The van der Waals surface area contributed by atoms with E-state index in [0.29, 0.717) is 16.7 Å². The summed E-state index contributed by atoms with van der Waals surface area (Å²) >= 11 is 1.56. The number of hydrogen-bond donors (Lipinski definition) is 1. The van der Waals surface area contributed by atoms with Crippen LogP contribution in [0.1, 0.15) is 45.4 Å². The number of para-hydroxylation sites is 1. The lowest BCUT2D eigenvalue weighted by atomic mass is 10.1. The molecule has 0 aliphatic carbocycles. The topological polar surface area (TPSA) is 63.2 Å². The minimum absolute atomic E-state index is 0.363. The van der Waals surface area contributed by atoms with E-state index in [-0.39, 0.29) is 6.23 Å². The first-order valence-corrected chi connectivity index (χ1v) is 12.0. The number of aromatic nitrogens is 3. The van der Waals surface area contributed by atoms with Gasteiger partial charge in [0, 0.05) is 35.6 Å². The Labute approximate surface area is 188 Å². The zero-order chi connectivity index (χ0) is 21.6. The molecule has 2 aromatic carbocycles. The maximum Gasteiger partial charge on any atom is 0.247 e. The zero-order valence-corrected chi connectivity index (χ0v) is 19.2. The van der Waals surface area contributed by atoms with E-state index in [1.807, 2.05) is 24.3 Å². The van der Waals surface area contributed by atoms with E-state index in [1.165, 1.54) is 5.69 Å². The van der Waals surface area contributed by atoms with Crippen molar-refractivity contribution in [2.75, 3.05) is 29.1 Å². The summed E-state index contributed by atoms with van der Waals surface area (Å²) in [5.74, 6) is 1.39. The summed E-state index contributed by atoms with van der Waals surface area (Å²) in [6.45, 7) is 8.63. The molecule has 6 nitrogen and oxygen atoms in total. The van der Waals surface area contributed by atoms with Gasteiger partial charge in [0.25, 0.3) is 0 Å². The summed E-state index contributed by atoms with van der Waals surface area (Å²) in [5, 5.41) is 12.9. The standard InChI is InChI=1S/C24H29N5OS/c1-4-15-29(16-5-2)18-13-11-17(12-14-18)22-25-20-10-8-7-9-19(20)21-23(30-22)26-24(28-27-21)31-6-3/h7-14,22,25H,4-6,15-16H2,1-3H3/t22-/m0/s1. The van der Waals surface area contributed by atoms with Crippen molar-refractivity contribution in [3.05, 3.63) is 54.1 Å². The first kappa shape index (κ1) is 21.4. The van der Waals surface area contributed by atoms with Crippen molar-refractivity contribution >= 4 is 23.1 Å². The highest BCUT2D eigenvalue weighted by Crippen LogP contribution is 2.39. The van der Waals surface area contributed by atoms with Gasteiger partial charge in [-0.05, 0) is 36.8 Å². The van der Waals surface area contributed by atoms with Gasteiger partial charge in [-0.2, -0.15) is 4.98 Å². The normalized spacial score (nSPS) is 14.6. The molecule has 162 valence electrons. The molecular formula is C24H29N5OS. The first-order chi connectivity index (χ1) is 15.2. The van der Waals surface area contributed by atoms with Crippen LogP contribution in [0.5, 0.6) is 5.88 Å². The van der Waals surface area contributed by atoms with Gasteiger partial charge < -0.3 is 15.0 Å². The van der Waals surface area contributed by atoms with Gasteiger partial charge in [-0.15, -0.1) is 10.2 Å². The van der Waals surface area contributed by atoms with Crippen LogP contribution in [0.2, 0.25) is 0 Å². The molecule has 2 heterocycles. The average Bonchev–Trinajstić information content (AvgIpc) is 2.96. The van der Waals surface area contributed by atoms with Crippen LogP contribution >= 0.6 is 11.8 Å². The van der Waals surface area contributed by atoms with Crippen LogP contribution in [0.4, 0.5) is 11.4 Å². The molecule has 0 bridgehead atoms. The number of nitrogens with one attached hydrogen (secondary N) is 1. The minimum Gasteiger partial charge on any atom is -0.448 e. The van der Waals surface area contributed by atoms with E-state index in [4.69, 9.17) is 4.74 Å². The van der Waals surface area contributed by atoms with Gasteiger partial charge in [-0.1, -0.05) is 62.9 Å². The highest BCUT2D eigenvalue weighted by Gasteiger charge is 2.26. The fraction of sp³-hybridized carbons (Fsp3) is 0.375. The van der Waals surface area contributed by atoms with Gasteiger partial charge in [-0.25, -0.2) is 0 Å². The van der Waals surface area contributed by atoms with Gasteiger partial charge in [0.1, 0.15) is 0 Å². The fourth-order valence-electron chi connectivity index (χ4n) is 3.76. The summed E-state index contributed by atoms with van der Waals surface area (Å²) in [6, 6.07) is 16.7. The molecule has 0 amide bonds. The van der Waals surface area contributed by atoms with E-state index in [2.05, 4.69) is 70.4 Å². The molecule has 3 aromatic rings. The first-order valence-electron chi connectivity index (χ1n) is 11.0. The lowest BCUT2D eigenvalue weighted by molar-refractivity contribution is 0.225. The molecule has 1 aromatic heterocycles. The van der Waals surface area contributed by atoms with Gasteiger partial charge in [0.2, 0.25) is 11.0 Å². The average molecular weight is 436 g/mol. The maximum absolute atomic E-state index is 6.36. The van der Waals surface area contributed by atoms with Gasteiger partial charge in [-0.3, -0.25) is 0 Å². The Balaban J connectivity index is 1.67. The highest BCUT2D eigenvalue weighted by atomic mass is 32.2. The SMILES string of the molecule is CCCN(CCC)c1ccc([C@H]2Nc3ccccc3-c3nnc(SCC)nc3O2)cc1. The number of hydrogen-bond acceptors (Lipinski definition) is 7. The van der Waals surface area contributed by atoms with Crippen molar-refractivity contribution in [1.82, 2.24) is 15.2 Å². The smallest absolute Gasteiger partial charge is 0.247 e. The highest BCUT2D eigenvalue weighted by molar-refractivity contribution is 7.99. The lowest BCUT2D eigenvalue weighted by Crippen LogP contribution is -2.25. The van der Waals surface area contributed by atoms with E-state index in [9.17, 15) is 0 Å². The van der Waals surface area contributed by atoms with Crippen molar-refractivity contribution in [1.29, 1.82) is 0 Å². The summed E-state index contributed by atoms with van der Waals surface area (Å²) in [6.07, 6.45) is 1.90. The minimum atomic E-state index is -0.363. The molecule has 0 fully saturated rings. The number of rotatable bonds is 8. The summed E-state index contributed by atoms with van der Waals surface area (Å²) in [7, 11) is 0. The molecule has 31 heavy (non-hydrogen) atoms. The summed E-state index contributed by atoms with van der Waals surface area (Å²) < 4.78 is 6.36. The molecule has 1 N–H and O–H groups in total. The molecule has 1 atom stereocenters. The fourth-order valence-corrected chi connectivity index (χ4v) is 4.26. The predicted octanol–water partition coefficient (Wildman–Crippen LogP) is 5.78. The van der Waals surface area contributed by atoms with E-state index in [1.54, 1.807) is 11.8 Å². The number of fused-ring (bicyclic) bond motifs is 3. The van der Waals surface area contributed by atoms with Gasteiger partial charge >= 0.3 is 0 Å². The molecule has 7 heteroatoms. The van der Waals surface area contributed by atoms with Crippen molar-refractivity contribution < 1.29 is 4.74 Å². The number of anilines is 2. The second-order valence-electron chi connectivity index (χ2n) is 7.45. The van der Waals surface area contributed by atoms with Crippen LogP contribution in [0.15, 0.2) is 53.7 Å². The molecule has 0 saturated heterocycles. The van der Waals surface area contributed by atoms with Crippen LogP contribution in [-0.4, -0.2) is 34.0 Å². The van der Waals surface area contributed by atoms with Crippen LogP contribution in [-0.2, 0) is 0 Å². The molecule has 0 unspecified atom stereocenters. The molecule has 1 aliphatic rings. The Hall–Kier alpha value is -2.80. The monoisotopic (exact) mass is 435 g/mol. The Morgan fingerprint density at radius 2 is 1.71 bits per heavy atom. The van der Waals surface area contributed by atoms with Crippen molar-refractivity contribution in [3.63, 3.8) is 0 Å². The van der Waals surface area contributed by atoms with Crippen LogP contribution < -0.4 is 15.0 Å². The van der Waals surface area contributed by atoms with Crippen LogP contribution in [0, 0.1) is 0 Å². The third-order valence-corrected chi connectivity index (χ3v) is 5.87. The van der Waals surface area contributed by atoms with Crippen LogP contribution in [0.25, 0.3) is 11.3 Å². The third-order valence-electron chi connectivity index (χ3n) is 5.16. The molecule has 1 aliphatic heterocycles. The Morgan fingerprint density at radius 3 is 2.42 bits per heavy atom. The Morgan fingerprint density at radius 1 is 0.968 bits per heavy atom. The van der Waals surface area contributed by atoms with Crippen molar-refractivity contribution in [2.45, 2.75) is 45.0 Å². The van der Waals surface area contributed by atoms with Crippen LogP contribution in [0.3, 0.4) is 0 Å². The maximum atomic E-state index is 6.36. The quantitative estimate of drug-likeness (QED) is 0.450. The molecular weight excluding hydrogens is 406 g/mol. The second kappa shape index (κ2) is 10.0. The molecule has 0 spiro atoms. The summed E-state index contributed by atoms with van der Waals surface area (Å²) in [5.41, 5.74) is 4.86. The van der Waals surface area contributed by atoms with E-state index < -0.39 is 0 Å². The lowest BCUT2D eigenvalue weighted by Gasteiger charge is -2.25. The van der Waals surface area contributed by atoms with Crippen molar-refractivity contribution in [2.24, 2.45) is 0 Å². The summed E-state index contributed by atoms with van der Waals surface area (Å²) in [4.78, 5) is 7.08. The third kappa shape index (κ3) is 4.77. The zero-order valence-electron chi connectivity index (χ0n) is 18.3. The second-order valence-corrected chi connectivity index (χ2v) is 8.68. The van der Waals surface area contributed by atoms with Crippen molar-refractivity contribution in [3.8, 4) is 17.1 Å². The number of benzene rings is 2. The van der Waals surface area contributed by atoms with E-state index >= 15 is 0 Å². The number of thioether (sulfide) groups is 1. The number of ether oxygens (including phenoxy) is 1. The Bertz CT molecular complexity index is 1010. The van der Waals surface area contributed by atoms with Gasteiger partial charge in [0.05, 0.1) is 0 Å². The predicted molar refractivity (Wildman–Crippen MR) is 128 cm³/mol. The molecule has 4 rings (SSSR count). The van der Waals surface area contributed by atoms with E-state index in [0.717, 1.165) is 48.5 Å². The number of nitrogens with zero attached hydrogens (tertiary/aromatic N) is 4. The molecule has 0 radical (unpaired) electrons. The molecule has 0 saturated carbocycles. The van der Waals surface area contributed by atoms with Gasteiger partial charge in [0.15, 0.2) is 11.9 Å².